The molecule has 1 amide bonds. The zero-order valence-electron chi connectivity index (χ0n) is 10.9. The molecule has 0 aromatic carbocycles. The number of amides is 1. The number of nitrogens with one attached hydrogen (secondary N) is 3. The molecule has 4 aliphatic heterocycles. The van der Waals surface area contributed by atoms with Crippen LogP contribution >= 0.6 is 0 Å². The second kappa shape index (κ2) is 4.07. The second-order valence-corrected chi connectivity index (χ2v) is 5.16. The minimum atomic E-state index is -0.931. The topological polar surface area (TPSA) is 83.1 Å². The molecule has 0 aromatic heterocycles. The number of allylic oxidation sites excluding steroid dienone is 1. The number of carbonyl (C=O) groups is 1. The third-order valence-corrected chi connectivity index (χ3v) is 3.96. The van der Waals surface area contributed by atoms with Crippen molar-refractivity contribution in [3.63, 3.8) is 0 Å². The molecule has 4 heterocycles. The van der Waals surface area contributed by atoms with Gasteiger partial charge < -0.3 is 15.4 Å². The van der Waals surface area contributed by atoms with Crippen LogP contribution in [0.5, 0.6) is 0 Å². The first-order valence-electron chi connectivity index (χ1n) is 6.67. The molecule has 1 fully saturated rings. The highest BCUT2D eigenvalue weighted by Crippen LogP contribution is 2.33. The van der Waals surface area contributed by atoms with Gasteiger partial charge in [-0.15, -0.1) is 0 Å². The van der Waals surface area contributed by atoms with Crippen molar-refractivity contribution < 1.29 is 9.90 Å². The molecule has 4 N–H and O–H groups in total. The van der Waals surface area contributed by atoms with Crippen molar-refractivity contribution in [1.82, 2.24) is 31.1 Å². The van der Waals surface area contributed by atoms with Gasteiger partial charge in [-0.3, -0.25) is 15.3 Å². The first kappa shape index (κ1) is 11.5. The Morgan fingerprint density at radius 1 is 1.35 bits per heavy atom. The molecular formula is C12H16N6O2. The summed E-state index contributed by atoms with van der Waals surface area (Å²) < 4.78 is 0. The summed E-state index contributed by atoms with van der Waals surface area (Å²) in [7, 11) is 0. The van der Waals surface area contributed by atoms with Gasteiger partial charge in [-0.2, -0.15) is 0 Å². The van der Waals surface area contributed by atoms with E-state index >= 15 is 0 Å². The Balaban J connectivity index is 1.76. The maximum absolute atomic E-state index is 11.2. The lowest BCUT2D eigenvalue weighted by Gasteiger charge is -2.23. The molecular weight excluding hydrogens is 260 g/mol. The standard InChI is InChI=1S/C12H16N6O2/c19-12(20)16-5-2-9-8(6-16)10-11-14-13-7-17(11)3-1-4-18(10)15-9/h2,5,13-15H,1,3-4,6-7H2,(H,19,20). The van der Waals surface area contributed by atoms with Gasteiger partial charge >= 0.3 is 6.09 Å². The molecule has 8 nitrogen and oxygen atoms in total. The Kier molecular flexibility index (Phi) is 2.34. The van der Waals surface area contributed by atoms with E-state index < -0.39 is 6.09 Å². The SMILES string of the molecule is O=C(O)N1C=CC2=C(C1)C1=C3NNCN3CCCN1N2. The van der Waals surface area contributed by atoms with Crippen LogP contribution in [0, 0.1) is 0 Å². The number of hydrazine groups is 2. The molecule has 0 aliphatic carbocycles. The van der Waals surface area contributed by atoms with Crippen LogP contribution in [-0.4, -0.2) is 52.3 Å². The predicted octanol–water partition coefficient (Wildman–Crippen LogP) is -0.492. The fraction of sp³-hybridized carbons (Fsp3) is 0.417. The molecule has 8 heteroatoms. The van der Waals surface area contributed by atoms with E-state index in [0.717, 1.165) is 49.0 Å². The lowest BCUT2D eigenvalue weighted by Crippen LogP contribution is -2.33. The van der Waals surface area contributed by atoms with Crippen molar-refractivity contribution in [3.05, 3.63) is 35.1 Å². The summed E-state index contributed by atoms with van der Waals surface area (Å²) in [4.78, 5) is 14.7. The van der Waals surface area contributed by atoms with Crippen molar-refractivity contribution in [1.29, 1.82) is 0 Å². The van der Waals surface area contributed by atoms with E-state index in [2.05, 4.69) is 26.2 Å². The maximum Gasteiger partial charge on any atom is 0.411 e. The van der Waals surface area contributed by atoms with Crippen LogP contribution in [0.3, 0.4) is 0 Å². The maximum atomic E-state index is 11.2. The second-order valence-electron chi connectivity index (χ2n) is 5.16. The van der Waals surface area contributed by atoms with E-state index in [1.54, 1.807) is 6.20 Å². The Bertz CT molecular complexity index is 566. The fourth-order valence-corrected chi connectivity index (χ4v) is 3.01. The zero-order valence-corrected chi connectivity index (χ0v) is 10.9. The Labute approximate surface area is 115 Å². The Morgan fingerprint density at radius 3 is 3.10 bits per heavy atom. The van der Waals surface area contributed by atoms with E-state index in [1.165, 1.54) is 4.90 Å². The van der Waals surface area contributed by atoms with Crippen LogP contribution in [0.4, 0.5) is 4.79 Å². The monoisotopic (exact) mass is 276 g/mol. The van der Waals surface area contributed by atoms with Crippen molar-refractivity contribution in [2.75, 3.05) is 26.3 Å². The minimum Gasteiger partial charge on any atom is -0.465 e. The highest BCUT2D eigenvalue weighted by atomic mass is 16.4. The Morgan fingerprint density at radius 2 is 2.25 bits per heavy atom. The molecule has 0 atom stereocenters. The summed E-state index contributed by atoms with van der Waals surface area (Å²) in [6.07, 6.45) is 3.54. The third kappa shape index (κ3) is 1.54. The van der Waals surface area contributed by atoms with E-state index in [0.29, 0.717) is 6.54 Å². The molecule has 0 bridgehead atoms. The summed E-state index contributed by atoms with van der Waals surface area (Å²) in [5.41, 5.74) is 12.7. The van der Waals surface area contributed by atoms with E-state index in [-0.39, 0.29) is 0 Å². The van der Waals surface area contributed by atoms with Gasteiger partial charge in [0.1, 0.15) is 11.5 Å². The number of nitrogens with zero attached hydrogens (tertiary/aromatic N) is 3. The van der Waals surface area contributed by atoms with Crippen LogP contribution in [0.15, 0.2) is 35.1 Å². The molecule has 4 aliphatic rings. The predicted molar refractivity (Wildman–Crippen MR) is 70.2 cm³/mol. The largest absolute Gasteiger partial charge is 0.465 e. The van der Waals surface area contributed by atoms with E-state index in [4.69, 9.17) is 5.11 Å². The van der Waals surface area contributed by atoms with Gasteiger partial charge in [0.2, 0.25) is 0 Å². The first-order chi connectivity index (χ1) is 9.74. The molecule has 0 aromatic rings. The lowest BCUT2D eigenvalue weighted by atomic mass is 10.1. The van der Waals surface area contributed by atoms with E-state index in [1.807, 2.05) is 6.08 Å². The number of fused-ring (bicyclic) bond motifs is 3. The van der Waals surface area contributed by atoms with Gasteiger partial charge in [0.25, 0.3) is 0 Å². The zero-order chi connectivity index (χ0) is 13.7. The summed E-state index contributed by atoms with van der Waals surface area (Å²) in [6, 6.07) is 0. The average Bonchev–Trinajstić information content (AvgIpc) is 2.98. The van der Waals surface area contributed by atoms with Crippen LogP contribution in [-0.2, 0) is 0 Å². The number of rotatable bonds is 0. The van der Waals surface area contributed by atoms with E-state index in [9.17, 15) is 4.79 Å². The van der Waals surface area contributed by atoms with Gasteiger partial charge in [-0.1, -0.05) is 0 Å². The van der Waals surface area contributed by atoms with Crippen molar-refractivity contribution in [2.24, 2.45) is 0 Å². The highest BCUT2D eigenvalue weighted by molar-refractivity contribution is 5.68. The molecule has 106 valence electrons. The summed E-state index contributed by atoms with van der Waals surface area (Å²) in [5.74, 6) is 1.03. The number of carboxylic acid groups (broad SMARTS) is 1. The fourth-order valence-electron chi connectivity index (χ4n) is 3.01. The van der Waals surface area contributed by atoms with Crippen molar-refractivity contribution >= 4 is 6.09 Å². The van der Waals surface area contributed by atoms with Crippen LogP contribution in [0.2, 0.25) is 0 Å². The van der Waals surface area contributed by atoms with Crippen molar-refractivity contribution in [3.8, 4) is 0 Å². The van der Waals surface area contributed by atoms with Crippen LogP contribution < -0.4 is 16.3 Å². The highest BCUT2D eigenvalue weighted by Gasteiger charge is 2.36. The van der Waals surface area contributed by atoms with Crippen LogP contribution in [0.1, 0.15) is 6.42 Å². The molecule has 0 unspecified atom stereocenters. The minimum absolute atomic E-state index is 0.374. The number of hydrogen-bond donors (Lipinski definition) is 4. The van der Waals surface area contributed by atoms with Gasteiger partial charge in [-0.05, 0) is 12.5 Å². The van der Waals surface area contributed by atoms with Gasteiger partial charge in [0.05, 0.1) is 18.9 Å². The Hall–Kier alpha value is -2.35. The summed E-state index contributed by atoms with van der Waals surface area (Å²) >= 11 is 0. The van der Waals surface area contributed by atoms with Gasteiger partial charge in [-0.25, -0.2) is 10.2 Å². The number of hydrogen-bond acceptors (Lipinski definition) is 6. The average molecular weight is 276 g/mol. The lowest BCUT2D eigenvalue weighted by molar-refractivity contribution is 0.165. The molecule has 0 spiro atoms. The quantitative estimate of drug-likeness (QED) is 0.475. The molecule has 20 heavy (non-hydrogen) atoms. The normalized spacial score (nSPS) is 24.1. The molecule has 0 saturated carbocycles. The van der Waals surface area contributed by atoms with Crippen molar-refractivity contribution in [2.45, 2.75) is 6.42 Å². The summed E-state index contributed by atoms with van der Waals surface area (Å²) in [5, 5.41) is 11.3. The third-order valence-electron chi connectivity index (χ3n) is 3.96. The molecule has 4 rings (SSSR count). The van der Waals surface area contributed by atoms with Gasteiger partial charge in [0, 0.05) is 24.9 Å². The molecule has 0 radical (unpaired) electrons. The smallest absolute Gasteiger partial charge is 0.411 e. The van der Waals surface area contributed by atoms with Gasteiger partial charge in [0.15, 0.2) is 0 Å². The summed E-state index contributed by atoms with van der Waals surface area (Å²) in [6.45, 7) is 3.04. The first-order valence-corrected chi connectivity index (χ1v) is 6.67. The molecule has 1 saturated heterocycles. The van der Waals surface area contributed by atoms with Crippen LogP contribution in [0.25, 0.3) is 0 Å².